The highest BCUT2D eigenvalue weighted by atomic mass is 16.6. The fraction of sp³-hybridized carbons (Fsp3) is 0.812. The molecule has 1 rings (SSSR count). The zero-order chi connectivity index (χ0) is 17.1. The Hall–Kier alpha value is -1.59. The molecule has 0 spiro atoms. The molecule has 1 saturated heterocycles. The van der Waals surface area contributed by atoms with Crippen molar-refractivity contribution >= 4 is 17.8 Å². The van der Waals surface area contributed by atoms with Crippen molar-refractivity contribution in [3.8, 4) is 0 Å². The van der Waals surface area contributed by atoms with E-state index >= 15 is 0 Å². The van der Waals surface area contributed by atoms with Crippen molar-refractivity contribution in [1.82, 2.24) is 10.2 Å². The van der Waals surface area contributed by atoms with Crippen molar-refractivity contribution in [1.29, 1.82) is 0 Å². The molecule has 2 amide bonds. The monoisotopic (exact) mass is 312 g/mol. The molecule has 1 heterocycles. The lowest BCUT2D eigenvalue weighted by atomic mass is 9.91. The minimum Gasteiger partial charge on any atom is -0.444 e. The van der Waals surface area contributed by atoms with E-state index in [1.165, 1.54) is 4.90 Å². The molecule has 0 radical (unpaired) electrons. The number of hydrogen-bond acceptors (Lipinski definition) is 4. The van der Waals surface area contributed by atoms with Gasteiger partial charge >= 0.3 is 6.09 Å². The number of amides is 2. The number of ether oxygens (including phenoxy) is 1. The normalized spacial score (nSPS) is 19.0. The summed E-state index contributed by atoms with van der Waals surface area (Å²) in [6.45, 7) is 11.3. The third-order valence-electron chi connectivity index (χ3n) is 3.44. The minimum absolute atomic E-state index is 0.0129. The second kappa shape index (κ2) is 6.67. The summed E-state index contributed by atoms with van der Waals surface area (Å²) in [5, 5.41) is 2.64. The van der Waals surface area contributed by atoms with Gasteiger partial charge in [0, 0.05) is 12.0 Å². The Morgan fingerprint density at radius 1 is 1.14 bits per heavy atom. The van der Waals surface area contributed by atoms with Crippen LogP contribution in [0.5, 0.6) is 0 Å². The molecule has 0 aromatic heterocycles. The average Bonchev–Trinajstić information content (AvgIpc) is 2.81. The Bertz CT molecular complexity index is 446. The molecule has 1 fully saturated rings. The van der Waals surface area contributed by atoms with Crippen molar-refractivity contribution in [2.24, 2.45) is 5.41 Å². The van der Waals surface area contributed by atoms with Gasteiger partial charge in [-0.3, -0.25) is 14.5 Å². The molecule has 0 aromatic rings. The van der Waals surface area contributed by atoms with Crippen LogP contribution in [-0.4, -0.2) is 47.4 Å². The minimum atomic E-state index is -0.594. The van der Waals surface area contributed by atoms with E-state index in [4.69, 9.17) is 4.74 Å². The van der Waals surface area contributed by atoms with Gasteiger partial charge in [0.05, 0.1) is 6.54 Å². The number of ketones is 1. The molecule has 6 nitrogen and oxygen atoms in total. The number of nitrogens with zero attached hydrogens (tertiary/aromatic N) is 1. The molecule has 1 aliphatic rings. The van der Waals surface area contributed by atoms with Crippen LogP contribution in [0.25, 0.3) is 0 Å². The second-order valence-electron chi connectivity index (χ2n) is 7.72. The van der Waals surface area contributed by atoms with E-state index in [1.807, 2.05) is 20.8 Å². The standard InChI is InChI=1S/C16H28N2O4/c1-15(2,3)12(19)10-17-13(20)11-8-7-9-18(11)14(21)22-16(4,5)6/h11H,7-10H2,1-6H3,(H,17,20)/t11-/m0/s1. The van der Waals surface area contributed by atoms with Crippen LogP contribution in [0.1, 0.15) is 54.4 Å². The van der Waals surface area contributed by atoms with E-state index < -0.39 is 23.2 Å². The smallest absolute Gasteiger partial charge is 0.410 e. The maximum absolute atomic E-state index is 12.2. The molecule has 1 N–H and O–H groups in total. The van der Waals surface area contributed by atoms with Crippen LogP contribution in [0, 0.1) is 5.41 Å². The molecule has 22 heavy (non-hydrogen) atoms. The number of Topliss-reactive ketones (excluding diaryl/α,β-unsaturated/α-hetero) is 1. The van der Waals surface area contributed by atoms with Crippen LogP contribution in [0.15, 0.2) is 0 Å². The van der Waals surface area contributed by atoms with Crippen LogP contribution in [0.4, 0.5) is 4.79 Å². The van der Waals surface area contributed by atoms with Crippen molar-refractivity contribution < 1.29 is 19.1 Å². The van der Waals surface area contributed by atoms with Crippen molar-refractivity contribution in [3.05, 3.63) is 0 Å². The van der Waals surface area contributed by atoms with Crippen LogP contribution in [0.2, 0.25) is 0 Å². The van der Waals surface area contributed by atoms with Crippen molar-refractivity contribution in [3.63, 3.8) is 0 Å². The second-order valence-corrected chi connectivity index (χ2v) is 7.72. The lowest BCUT2D eigenvalue weighted by molar-refractivity contribution is -0.130. The van der Waals surface area contributed by atoms with E-state index in [-0.39, 0.29) is 18.2 Å². The maximum atomic E-state index is 12.2. The van der Waals surface area contributed by atoms with Gasteiger partial charge in [0.1, 0.15) is 11.6 Å². The summed E-state index contributed by atoms with van der Waals surface area (Å²) in [5.74, 6) is -0.330. The number of likely N-dealkylation sites (tertiary alicyclic amines) is 1. The molecule has 0 bridgehead atoms. The maximum Gasteiger partial charge on any atom is 0.410 e. The molecule has 0 unspecified atom stereocenters. The Balaban J connectivity index is 2.61. The summed E-state index contributed by atoms with van der Waals surface area (Å²) >= 11 is 0. The number of carbonyl (C=O) groups excluding carboxylic acids is 3. The molecule has 6 heteroatoms. The third-order valence-corrected chi connectivity index (χ3v) is 3.44. The number of rotatable bonds is 3. The summed E-state index contributed by atoms with van der Waals surface area (Å²) in [7, 11) is 0. The van der Waals surface area contributed by atoms with Crippen molar-refractivity contribution in [2.75, 3.05) is 13.1 Å². The Labute approximate surface area is 132 Å². The van der Waals surface area contributed by atoms with E-state index in [0.29, 0.717) is 13.0 Å². The summed E-state index contributed by atoms with van der Waals surface area (Å²) in [4.78, 5) is 37.7. The zero-order valence-electron chi connectivity index (χ0n) is 14.5. The lowest BCUT2D eigenvalue weighted by Crippen LogP contribution is -2.49. The molecule has 1 atom stereocenters. The van der Waals surface area contributed by atoms with Gasteiger partial charge in [-0.15, -0.1) is 0 Å². The Kier molecular flexibility index (Phi) is 5.59. The first-order valence-electron chi connectivity index (χ1n) is 7.72. The van der Waals surface area contributed by atoms with Crippen LogP contribution in [-0.2, 0) is 14.3 Å². The summed E-state index contributed by atoms with van der Waals surface area (Å²) < 4.78 is 5.32. The van der Waals surface area contributed by atoms with Crippen molar-refractivity contribution in [2.45, 2.75) is 66.0 Å². The summed E-state index contributed by atoms with van der Waals surface area (Å²) in [6, 6.07) is -0.553. The fourth-order valence-corrected chi connectivity index (χ4v) is 2.13. The van der Waals surface area contributed by atoms with Gasteiger partial charge in [0.25, 0.3) is 0 Å². The van der Waals surface area contributed by atoms with Gasteiger partial charge in [-0.25, -0.2) is 4.79 Å². The predicted molar refractivity (Wildman–Crippen MR) is 83.4 cm³/mol. The predicted octanol–water partition coefficient (Wildman–Crippen LogP) is 2.12. The molecule has 0 aliphatic carbocycles. The molecule has 0 aromatic carbocycles. The lowest BCUT2D eigenvalue weighted by Gasteiger charge is -2.28. The van der Waals surface area contributed by atoms with Crippen LogP contribution >= 0.6 is 0 Å². The van der Waals surface area contributed by atoms with Gasteiger partial charge in [-0.05, 0) is 33.6 Å². The van der Waals surface area contributed by atoms with Gasteiger partial charge in [0.2, 0.25) is 5.91 Å². The molecule has 1 aliphatic heterocycles. The topological polar surface area (TPSA) is 75.7 Å². The highest BCUT2D eigenvalue weighted by molar-refractivity contribution is 5.92. The largest absolute Gasteiger partial charge is 0.444 e. The average molecular weight is 312 g/mol. The third kappa shape index (κ3) is 5.31. The summed E-state index contributed by atoms with van der Waals surface area (Å²) in [5.41, 5.74) is -1.09. The van der Waals surface area contributed by atoms with E-state index in [0.717, 1.165) is 6.42 Å². The SMILES string of the molecule is CC(C)(C)OC(=O)N1CCC[C@H]1C(=O)NCC(=O)C(C)(C)C. The zero-order valence-corrected chi connectivity index (χ0v) is 14.5. The fourth-order valence-electron chi connectivity index (χ4n) is 2.13. The first-order valence-corrected chi connectivity index (χ1v) is 7.72. The Morgan fingerprint density at radius 3 is 2.23 bits per heavy atom. The van der Waals surface area contributed by atoms with E-state index in [1.54, 1.807) is 20.8 Å². The van der Waals surface area contributed by atoms with Crippen LogP contribution < -0.4 is 5.32 Å². The quantitative estimate of drug-likeness (QED) is 0.866. The number of carbonyl (C=O) groups is 3. The van der Waals surface area contributed by atoms with Gasteiger partial charge < -0.3 is 10.1 Å². The molecular formula is C16H28N2O4. The molecule has 0 saturated carbocycles. The van der Waals surface area contributed by atoms with Crippen LogP contribution in [0.3, 0.4) is 0 Å². The number of nitrogens with one attached hydrogen (secondary N) is 1. The van der Waals surface area contributed by atoms with Gasteiger partial charge in [0.15, 0.2) is 5.78 Å². The van der Waals surface area contributed by atoms with Gasteiger partial charge in [-0.2, -0.15) is 0 Å². The Morgan fingerprint density at radius 2 is 1.73 bits per heavy atom. The molecule has 126 valence electrons. The highest BCUT2D eigenvalue weighted by Crippen LogP contribution is 2.21. The molecular weight excluding hydrogens is 284 g/mol. The number of hydrogen-bond donors (Lipinski definition) is 1. The van der Waals surface area contributed by atoms with Gasteiger partial charge in [-0.1, -0.05) is 20.8 Å². The van der Waals surface area contributed by atoms with E-state index in [2.05, 4.69) is 5.32 Å². The van der Waals surface area contributed by atoms with E-state index in [9.17, 15) is 14.4 Å². The summed E-state index contributed by atoms with van der Waals surface area (Å²) in [6.07, 6.45) is 0.867. The highest BCUT2D eigenvalue weighted by Gasteiger charge is 2.36. The first kappa shape index (κ1) is 18.5. The first-order chi connectivity index (χ1) is 9.92.